The maximum absolute atomic E-state index is 11.8. The predicted octanol–water partition coefficient (Wildman–Crippen LogP) is 2.20. The molecule has 2 N–H and O–H groups in total. The van der Waals surface area contributed by atoms with Crippen LogP contribution in [0.15, 0.2) is 0 Å². The van der Waals surface area contributed by atoms with Crippen LogP contribution in [0, 0.1) is 5.92 Å². The summed E-state index contributed by atoms with van der Waals surface area (Å²) >= 11 is 2.01. The fraction of sp³-hybridized carbons (Fsp3) is 0.923. The molecule has 2 fully saturated rings. The number of thioether (sulfide) groups is 1. The van der Waals surface area contributed by atoms with Gasteiger partial charge in [-0.3, -0.25) is 4.79 Å². The zero-order valence-electron chi connectivity index (χ0n) is 11.2. The Balaban J connectivity index is 0.00000162. The third-order valence-corrected chi connectivity index (χ3v) is 5.44. The summed E-state index contributed by atoms with van der Waals surface area (Å²) in [4.78, 5) is 11.8. The molecule has 2 aliphatic heterocycles. The molecule has 2 rings (SSSR count). The number of hydrogen-bond donors (Lipinski definition) is 2. The molecular weight excluding hydrogens is 268 g/mol. The molecule has 2 heterocycles. The molecule has 3 nitrogen and oxygen atoms in total. The monoisotopic (exact) mass is 292 g/mol. The van der Waals surface area contributed by atoms with E-state index in [0.717, 1.165) is 32.0 Å². The van der Waals surface area contributed by atoms with Crippen molar-refractivity contribution in [3.05, 3.63) is 0 Å². The summed E-state index contributed by atoms with van der Waals surface area (Å²) in [6.45, 7) is 5.34. The molecule has 0 saturated carbocycles. The first-order valence-corrected chi connectivity index (χ1v) is 7.78. The molecule has 2 atom stereocenters. The molecule has 5 heteroatoms. The number of hydrogen-bond acceptors (Lipinski definition) is 3. The topological polar surface area (TPSA) is 41.1 Å². The lowest BCUT2D eigenvalue weighted by Crippen LogP contribution is -2.36. The van der Waals surface area contributed by atoms with Gasteiger partial charge in [-0.05, 0) is 57.4 Å². The predicted molar refractivity (Wildman–Crippen MR) is 80.6 cm³/mol. The molecule has 2 aliphatic rings. The molecule has 0 aliphatic carbocycles. The van der Waals surface area contributed by atoms with Crippen molar-refractivity contribution in [2.45, 2.75) is 43.8 Å². The third kappa shape index (κ3) is 4.98. The minimum absolute atomic E-state index is 0. The number of rotatable bonds is 5. The Kier molecular flexibility index (Phi) is 6.82. The molecule has 0 aromatic carbocycles. The third-order valence-electron chi connectivity index (χ3n) is 3.90. The standard InChI is InChI=1S/C13H24N2OS.ClH/c1-13(6-2-8-17-13)10-15-12(16)4-3-11-5-7-14-9-11;/h11,14H,2-10H2,1H3,(H,15,16);1H. The van der Waals surface area contributed by atoms with E-state index in [-0.39, 0.29) is 18.3 Å². The highest BCUT2D eigenvalue weighted by molar-refractivity contribution is 8.00. The van der Waals surface area contributed by atoms with Crippen molar-refractivity contribution in [3.63, 3.8) is 0 Å². The Morgan fingerprint density at radius 1 is 1.56 bits per heavy atom. The normalized spacial score (nSPS) is 31.1. The van der Waals surface area contributed by atoms with Crippen molar-refractivity contribution >= 4 is 30.1 Å². The summed E-state index contributed by atoms with van der Waals surface area (Å²) in [6.07, 6.45) is 5.52. The van der Waals surface area contributed by atoms with E-state index >= 15 is 0 Å². The molecule has 0 aromatic rings. The zero-order chi connectivity index (χ0) is 12.1. The molecule has 1 amide bonds. The van der Waals surface area contributed by atoms with Crippen LogP contribution in [-0.2, 0) is 4.79 Å². The summed E-state index contributed by atoms with van der Waals surface area (Å²) in [5, 5.41) is 6.45. The first-order chi connectivity index (χ1) is 8.18. The van der Waals surface area contributed by atoms with E-state index in [0.29, 0.717) is 11.2 Å². The lowest BCUT2D eigenvalue weighted by molar-refractivity contribution is -0.121. The number of nitrogens with one attached hydrogen (secondary N) is 2. The maximum atomic E-state index is 11.8. The van der Waals surface area contributed by atoms with Gasteiger partial charge < -0.3 is 10.6 Å². The summed E-state index contributed by atoms with van der Waals surface area (Å²) in [6, 6.07) is 0. The summed E-state index contributed by atoms with van der Waals surface area (Å²) in [5.41, 5.74) is 0. The van der Waals surface area contributed by atoms with E-state index in [4.69, 9.17) is 0 Å². The van der Waals surface area contributed by atoms with Crippen molar-refractivity contribution < 1.29 is 4.79 Å². The first-order valence-electron chi connectivity index (χ1n) is 6.79. The molecule has 0 aromatic heterocycles. The SMILES string of the molecule is CC1(CNC(=O)CCC2CCNC2)CCCS1.Cl. The van der Waals surface area contributed by atoms with Crippen LogP contribution >= 0.6 is 24.2 Å². The van der Waals surface area contributed by atoms with Gasteiger partial charge in [-0.1, -0.05) is 0 Å². The largest absolute Gasteiger partial charge is 0.355 e. The first kappa shape index (κ1) is 16.1. The Morgan fingerprint density at radius 3 is 3.00 bits per heavy atom. The highest BCUT2D eigenvalue weighted by Gasteiger charge is 2.29. The molecule has 0 bridgehead atoms. The molecule has 106 valence electrons. The lowest BCUT2D eigenvalue weighted by atomic mass is 10.0. The van der Waals surface area contributed by atoms with E-state index in [1.807, 2.05) is 11.8 Å². The Labute approximate surface area is 121 Å². The van der Waals surface area contributed by atoms with Crippen LogP contribution in [0.4, 0.5) is 0 Å². The molecule has 0 spiro atoms. The molecule has 2 saturated heterocycles. The van der Waals surface area contributed by atoms with Crippen molar-refractivity contribution in [1.29, 1.82) is 0 Å². The fourth-order valence-electron chi connectivity index (χ4n) is 2.65. The second-order valence-corrected chi connectivity index (χ2v) is 7.26. The average Bonchev–Trinajstić information content (AvgIpc) is 2.95. The Hall–Kier alpha value is 0.0700. The van der Waals surface area contributed by atoms with Gasteiger partial charge in [-0.15, -0.1) is 12.4 Å². The van der Waals surface area contributed by atoms with E-state index in [2.05, 4.69) is 17.6 Å². The van der Waals surface area contributed by atoms with Gasteiger partial charge in [0, 0.05) is 17.7 Å². The van der Waals surface area contributed by atoms with Gasteiger partial charge in [-0.25, -0.2) is 0 Å². The van der Waals surface area contributed by atoms with Crippen LogP contribution in [0.3, 0.4) is 0 Å². The summed E-state index contributed by atoms with van der Waals surface area (Å²) in [7, 11) is 0. The van der Waals surface area contributed by atoms with E-state index in [9.17, 15) is 4.79 Å². The smallest absolute Gasteiger partial charge is 0.220 e. The zero-order valence-corrected chi connectivity index (χ0v) is 12.8. The van der Waals surface area contributed by atoms with Crippen LogP contribution in [0.5, 0.6) is 0 Å². The quantitative estimate of drug-likeness (QED) is 0.816. The van der Waals surface area contributed by atoms with Gasteiger partial charge >= 0.3 is 0 Å². The summed E-state index contributed by atoms with van der Waals surface area (Å²) < 4.78 is 0.296. The molecule has 18 heavy (non-hydrogen) atoms. The van der Waals surface area contributed by atoms with Crippen LogP contribution in [0.2, 0.25) is 0 Å². The van der Waals surface area contributed by atoms with Gasteiger partial charge in [0.1, 0.15) is 0 Å². The summed E-state index contributed by atoms with van der Waals surface area (Å²) in [5.74, 6) is 2.21. The minimum Gasteiger partial charge on any atom is -0.355 e. The van der Waals surface area contributed by atoms with Gasteiger partial charge in [0.25, 0.3) is 0 Å². The van der Waals surface area contributed by atoms with Crippen LogP contribution in [0.1, 0.15) is 39.0 Å². The number of carbonyl (C=O) groups is 1. The van der Waals surface area contributed by atoms with E-state index in [1.165, 1.54) is 25.0 Å². The minimum atomic E-state index is 0. The van der Waals surface area contributed by atoms with Gasteiger partial charge in [0.2, 0.25) is 5.91 Å². The van der Waals surface area contributed by atoms with Gasteiger partial charge in [0.05, 0.1) is 0 Å². The molecule has 2 unspecified atom stereocenters. The second-order valence-electron chi connectivity index (χ2n) is 5.58. The highest BCUT2D eigenvalue weighted by atomic mass is 35.5. The van der Waals surface area contributed by atoms with E-state index in [1.54, 1.807) is 0 Å². The average molecular weight is 293 g/mol. The maximum Gasteiger partial charge on any atom is 0.220 e. The number of carbonyl (C=O) groups excluding carboxylic acids is 1. The van der Waals surface area contributed by atoms with Crippen LogP contribution in [-0.4, -0.2) is 36.0 Å². The van der Waals surface area contributed by atoms with Gasteiger partial charge in [0.15, 0.2) is 0 Å². The lowest BCUT2D eigenvalue weighted by Gasteiger charge is -2.23. The van der Waals surface area contributed by atoms with Crippen LogP contribution < -0.4 is 10.6 Å². The second kappa shape index (κ2) is 7.61. The van der Waals surface area contributed by atoms with Crippen LogP contribution in [0.25, 0.3) is 0 Å². The number of amides is 1. The fourth-order valence-corrected chi connectivity index (χ4v) is 3.89. The Bertz CT molecular complexity index is 264. The molecular formula is C13H25ClN2OS. The molecule has 0 radical (unpaired) electrons. The number of halogens is 1. The van der Waals surface area contributed by atoms with Gasteiger partial charge in [-0.2, -0.15) is 11.8 Å². The van der Waals surface area contributed by atoms with E-state index < -0.39 is 0 Å². The van der Waals surface area contributed by atoms with Crippen molar-refractivity contribution in [3.8, 4) is 0 Å². The van der Waals surface area contributed by atoms with Crippen molar-refractivity contribution in [1.82, 2.24) is 10.6 Å². The highest BCUT2D eigenvalue weighted by Crippen LogP contribution is 2.36. The Morgan fingerprint density at radius 2 is 2.39 bits per heavy atom. The van der Waals surface area contributed by atoms with Crippen molar-refractivity contribution in [2.75, 3.05) is 25.4 Å². The van der Waals surface area contributed by atoms with Crippen molar-refractivity contribution in [2.24, 2.45) is 5.92 Å².